The molecule has 2 N–H and O–H groups in total. The van der Waals surface area contributed by atoms with Crippen LogP contribution in [0.3, 0.4) is 0 Å². The van der Waals surface area contributed by atoms with Crippen molar-refractivity contribution in [2.45, 2.75) is 57.2 Å². The number of carbonyl (C=O) groups excluding carboxylic acids is 1. The van der Waals surface area contributed by atoms with E-state index in [4.69, 9.17) is 9.72 Å². The highest BCUT2D eigenvalue weighted by Crippen LogP contribution is 2.49. The summed E-state index contributed by atoms with van der Waals surface area (Å²) in [5.74, 6) is -0.668. The summed E-state index contributed by atoms with van der Waals surface area (Å²) >= 11 is 0. The third-order valence-electron chi connectivity index (χ3n) is 6.30. The number of halogens is 1. The Morgan fingerprint density at radius 3 is 2.37 bits per heavy atom. The van der Waals surface area contributed by atoms with Crippen LogP contribution >= 0.6 is 8.03 Å². The first-order valence-corrected chi connectivity index (χ1v) is 13.0. The lowest BCUT2D eigenvalue weighted by Crippen LogP contribution is -2.27. The molecule has 1 fully saturated rings. The van der Waals surface area contributed by atoms with Crippen LogP contribution in [-0.4, -0.2) is 32.7 Å². The number of aliphatic hydroxyl groups excluding tert-OH is 1. The number of carbonyl (C=O) groups is 1. The lowest BCUT2D eigenvalue weighted by atomic mass is 9.94. The van der Waals surface area contributed by atoms with Crippen molar-refractivity contribution in [2.75, 3.05) is 0 Å². The highest BCUT2D eigenvalue weighted by molar-refractivity contribution is 7.39. The van der Waals surface area contributed by atoms with E-state index in [9.17, 15) is 23.7 Å². The molecule has 8 heteroatoms. The van der Waals surface area contributed by atoms with Crippen molar-refractivity contribution in [1.29, 1.82) is 0 Å². The smallest absolute Gasteiger partial charge is 0.424 e. The molecule has 0 saturated heterocycles. The Kier molecular flexibility index (Phi) is 7.70. The van der Waals surface area contributed by atoms with Crippen molar-refractivity contribution in [3.05, 3.63) is 71.7 Å². The predicted octanol–water partition coefficient (Wildman–Crippen LogP) is 5.91. The zero-order valence-electron chi connectivity index (χ0n) is 19.6. The van der Waals surface area contributed by atoms with E-state index in [1.807, 2.05) is 37.3 Å². The number of nitrogens with zero attached hydrogens (tertiary/aromatic N) is 1. The van der Waals surface area contributed by atoms with Gasteiger partial charge in [-0.25, -0.2) is 9.37 Å². The van der Waals surface area contributed by atoms with E-state index in [0.717, 1.165) is 29.7 Å². The lowest BCUT2D eigenvalue weighted by Gasteiger charge is -2.20. The molecule has 3 unspecified atom stereocenters. The number of hydrogen-bond donors (Lipinski definition) is 2. The van der Waals surface area contributed by atoms with Crippen LogP contribution < -0.4 is 4.74 Å². The van der Waals surface area contributed by atoms with E-state index in [1.165, 1.54) is 12.1 Å². The van der Waals surface area contributed by atoms with Gasteiger partial charge in [0.05, 0.1) is 17.8 Å². The average molecular weight is 496 g/mol. The average Bonchev–Trinajstić information content (AvgIpc) is 3.66. The summed E-state index contributed by atoms with van der Waals surface area (Å²) < 4.78 is 31.1. The molecular weight excluding hydrogens is 468 g/mol. The van der Waals surface area contributed by atoms with E-state index < -0.39 is 32.2 Å². The number of benzene rings is 2. The molecule has 0 aliphatic heterocycles. The van der Waals surface area contributed by atoms with Crippen molar-refractivity contribution >= 4 is 14.0 Å². The second-order valence-electron chi connectivity index (χ2n) is 8.85. The van der Waals surface area contributed by atoms with Gasteiger partial charge in [-0.2, -0.15) is 4.89 Å². The Morgan fingerprint density at radius 2 is 1.80 bits per heavy atom. The van der Waals surface area contributed by atoms with Crippen LogP contribution in [0.5, 0.6) is 5.75 Å². The molecule has 1 aliphatic carbocycles. The van der Waals surface area contributed by atoms with Crippen LogP contribution in [0.2, 0.25) is 0 Å². The van der Waals surface area contributed by atoms with E-state index in [-0.39, 0.29) is 18.2 Å². The van der Waals surface area contributed by atoms with Gasteiger partial charge in [0.25, 0.3) is 0 Å². The fourth-order valence-corrected chi connectivity index (χ4v) is 5.00. The van der Waals surface area contributed by atoms with E-state index in [0.29, 0.717) is 22.6 Å². The molecular formula is C27H28FNO5P+. The molecule has 182 valence electrons. The maximum Gasteiger partial charge on any atom is 0.511 e. The molecule has 0 bridgehead atoms. The standard InChI is InChI=1S/C27H27FNO5P/c1-3-22(35(32)33)21(30)15-23(31)34-27-24(17-11-13-20(28)14-12-17)16(2)25(18-7-5-4-6-8-18)29-26(27)19-9-10-19/h4-8,11-14,19,21-22,30H,3,9-10,15H2,1-2H3/p+1. The first-order chi connectivity index (χ1) is 16.8. The number of ether oxygens (including phenoxy) is 1. The van der Waals surface area contributed by atoms with Gasteiger partial charge in [-0.3, -0.25) is 4.79 Å². The molecule has 3 atom stereocenters. The Labute approximate surface area is 204 Å². The quantitative estimate of drug-likeness (QED) is 0.282. The van der Waals surface area contributed by atoms with Crippen LogP contribution in [0.4, 0.5) is 4.39 Å². The van der Waals surface area contributed by atoms with Gasteiger partial charge in [0.2, 0.25) is 5.66 Å². The zero-order chi connectivity index (χ0) is 25.1. The van der Waals surface area contributed by atoms with Gasteiger partial charge in [-0.1, -0.05) is 49.4 Å². The lowest BCUT2D eigenvalue weighted by molar-refractivity contribution is -0.136. The van der Waals surface area contributed by atoms with Gasteiger partial charge < -0.3 is 9.84 Å². The summed E-state index contributed by atoms with van der Waals surface area (Å²) in [4.78, 5) is 27.3. The Morgan fingerprint density at radius 1 is 1.14 bits per heavy atom. The number of hydrogen-bond acceptors (Lipinski definition) is 5. The fourth-order valence-electron chi connectivity index (χ4n) is 4.29. The van der Waals surface area contributed by atoms with Crippen LogP contribution in [0, 0.1) is 12.7 Å². The number of aromatic nitrogens is 1. The Hall–Kier alpha value is -2.99. The van der Waals surface area contributed by atoms with Gasteiger partial charge in [0, 0.05) is 17.0 Å². The number of esters is 1. The molecule has 2 aromatic carbocycles. The summed E-state index contributed by atoms with van der Waals surface area (Å²) in [6.45, 7) is 3.57. The highest BCUT2D eigenvalue weighted by Gasteiger charge is 2.38. The second kappa shape index (κ2) is 10.7. The summed E-state index contributed by atoms with van der Waals surface area (Å²) in [7, 11) is -2.64. The maximum atomic E-state index is 13.7. The van der Waals surface area contributed by atoms with Gasteiger partial charge in [-0.05, 0) is 54.0 Å². The summed E-state index contributed by atoms with van der Waals surface area (Å²) in [6, 6.07) is 15.7. The van der Waals surface area contributed by atoms with Gasteiger partial charge in [0.1, 0.15) is 11.9 Å². The minimum absolute atomic E-state index is 0.125. The molecule has 1 aliphatic rings. The first-order valence-electron chi connectivity index (χ1n) is 11.7. The number of pyridine rings is 1. The monoisotopic (exact) mass is 496 g/mol. The van der Waals surface area contributed by atoms with Crippen molar-refractivity contribution in [2.24, 2.45) is 0 Å². The molecule has 1 aromatic heterocycles. The Balaban J connectivity index is 1.81. The van der Waals surface area contributed by atoms with Crippen LogP contribution in [0.25, 0.3) is 22.4 Å². The van der Waals surface area contributed by atoms with Crippen LogP contribution in [-0.2, 0) is 9.36 Å². The molecule has 0 amide bonds. The van der Waals surface area contributed by atoms with Gasteiger partial charge in [-0.15, -0.1) is 0 Å². The zero-order valence-corrected chi connectivity index (χ0v) is 20.5. The topological polar surface area (TPSA) is 96.7 Å². The molecule has 4 rings (SSSR count). The molecule has 0 radical (unpaired) electrons. The van der Waals surface area contributed by atoms with Crippen molar-refractivity contribution in [3.63, 3.8) is 0 Å². The second-order valence-corrected chi connectivity index (χ2v) is 10.1. The van der Waals surface area contributed by atoms with Gasteiger partial charge in [0.15, 0.2) is 5.75 Å². The van der Waals surface area contributed by atoms with Crippen molar-refractivity contribution < 1.29 is 28.5 Å². The van der Waals surface area contributed by atoms with E-state index in [2.05, 4.69) is 0 Å². The third-order valence-corrected chi connectivity index (χ3v) is 7.58. The normalized spacial score (nSPS) is 15.4. The van der Waals surface area contributed by atoms with Crippen LogP contribution in [0.1, 0.15) is 49.8 Å². The minimum Gasteiger partial charge on any atom is -0.424 e. The molecule has 6 nitrogen and oxygen atoms in total. The molecule has 3 aromatic rings. The number of aliphatic hydroxyl groups is 1. The Bertz CT molecular complexity index is 1230. The van der Waals surface area contributed by atoms with Crippen molar-refractivity contribution in [3.8, 4) is 28.1 Å². The maximum absolute atomic E-state index is 13.7. The van der Waals surface area contributed by atoms with E-state index in [1.54, 1.807) is 19.1 Å². The SMILES string of the molecule is CCC(C(O)CC(=O)Oc1c(C2CC2)nc(-c2ccccc2)c(C)c1-c1ccc(F)cc1)[P+](=O)O. The van der Waals surface area contributed by atoms with Crippen LogP contribution in [0.15, 0.2) is 54.6 Å². The minimum atomic E-state index is -2.64. The first kappa shape index (κ1) is 25.1. The highest BCUT2D eigenvalue weighted by atomic mass is 31.1. The summed E-state index contributed by atoms with van der Waals surface area (Å²) in [6.07, 6.45) is 0.331. The van der Waals surface area contributed by atoms with E-state index >= 15 is 0 Å². The van der Waals surface area contributed by atoms with Crippen molar-refractivity contribution in [1.82, 2.24) is 4.98 Å². The molecule has 35 heavy (non-hydrogen) atoms. The predicted molar refractivity (Wildman–Crippen MR) is 132 cm³/mol. The molecule has 1 saturated carbocycles. The summed E-state index contributed by atoms with van der Waals surface area (Å²) in [5.41, 5.74) is 3.51. The summed E-state index contributed by atoms with van der Waals surface area (Å²) in [5, 5.41) is 10.4. The van der Waals surface area contributed by atoms with Gasteiger partial charge >= 0.3 is 14.0 Å². The largest absolute Gasteiger partial charge is 0.511 e. The third kappa shape index (κ3) is 5.64. The number of rotatable bonds is 9. The molecule has 0 spiro atoms. The fraction of sp³-hybridized carbons (Fsp3) is 0.333. The molecule has 1 heterocycles.